The highest BCUT2D eigenvalue weighted by atomic mass is 16.2. The fraction of sp³-hybridized carbons (Fsp3) is 0.182. The molecule has 0 unspecified atom stereocenters. The molecule has 1 amide bonds. The molecule has 1 aromatic heterocycles. The van der Waals surface area contributed by atoms with Crippen molar-refractivity contribution in [1.29, 1.82) is 0 Å². The molecule has 1 heterocycles. The van der Waals surface area contributed by atoms with E-state index in [1.807, 2.05) is 43.6 Å². The van der Waals surface area contributed by atoms with Crippen LogP contribution < -0.4 is 0 Å². The number of pyridine rings is 1. The number of amides is 1. The molecule has 3 nitrogen and oxygen atoms in total. The van der Waals surface area contributed by atoms with Crippen molar-refractivity contribution in [2.75, 3.05) is 7.05 Å². The maximum Gasteiger partial charge on any atom is 0.222 e. The summed E-state index contributed by atoms with van der Waals surface area (Å²) in [6.45, 7) is 0.626. The number of hydrogen-bond acceptors (Lipinski definition) is 2. The molecule has 0 aliphatic rings. The van der Waals surface area contributed by atoms with Gasteiger partial charge in [-0.15, -0.1) is 0 Å². The first-order valence-corrected chi connectivity index (χ1v) is 8.49. The van der Waals surface area contributed by atoms with Crippen LogP contribution in [0.15, 0.2) is 79.1 Å². The number of carbonyl (C=O) groups is 1. The van der Waals surface area contributed by atoms with Gasteiger partial charge in [-0.1, -0.05) is 60.7 Å². The van der Waals surface area contributed by atoms with Crippen molar-refractivity contribution < 1.29 is 4.79 Å². The molecule has 0 saturated heterocycles. The molecular weight excluding hydrogens is 308 g/mol. The van der Waals surface area contributed by atoms with Crippen molar-refractivity contribution in [2.45, 2.75) is 19.4 Å². The predicted octanol–water partition coefficient (Wildman–Crippen LogP) is 4.34. The maximum atomic E-state index is 12.3. The topological polar surface area (TPSA) is 33.2 Å². The van der Waals surface area contributed by atoms with Gasteiger partial charge in [-0.2, -0.15) is 0 Å². The zero-order valence-corrected chi connectivity index (χ0v) is 14.4. The summed E-state index contributed by atoms with van der Waals surface area (Å²) in [4.78, 5) is 18.2. The Morgan fingerprint density at radius 3 is 2.28 bits per heavy atom. The molecule has 0 N–H and O–H groups in total. The van der Waals surface area contributed by atoms with E-state index in [0.717, 1.165) is 17.5 Å². The first kappa shape index (κ1) is 16.9. The molecule has 0 saturated carbocycles. The van der Waals surface area contributed by atoms with Gasteiger partial charge in [0.2, 0.25) is 5.91 Å². The maximum absolute atomic E-state index is 12.3. The molecule has 3 rings (SSSR count). The van der Waals surface area contributed by atoms with E-state index in [9.17, 15) is 4.79 Å². The van der Waals surface area contributed by atoms with Crippen LogP contribution in [0.5, 0.6) is 0 Å². The van der Waals surface area contributed by atoms with Crippen LogP contribution in [0.1, 0.15) is 17.5 Å². The molecule has 0 atom stereocenters. The van der Waals surface area contributed by atoms with Crippen molar-refractivity contribution in [3.8, 4) is 11.1 Å². The van der Waals surface area contributed by atoms with E-state index in [1.165, 1.54) is 11.1 Å². The van der Waals surface area contributed by atoms with E-state index >= 15 is 0 Å². The lowest BCUT2D eigenvalue weighted by Crippen LogP contribution is -2.26. The van der Waals surface area contributed by atoms with Crippen LogP contribution in [0.2, 0.25) is 0 Å². The van der Waals surface area contributed by atoms with Gasteiger partial charge < -0.3 is 4.90 Å². The molecule has 126 valence electrons. The number of aromatic nitrogens is 1. The van der Waals surface area contributed by atoms with Crippen molar-refractivity contribution >= 4 is 5.91 Å². The normalized spacial score (nSPS) is 10.4. The summed E-state index contributed by atoms with van der Waals surface area (Å²) >= 11 is 0. The third kappa shape index (κ3) is 4.77. The summed E-state index contributed by atoms with van der Waals surface area (Å²) in [5.41, 5.74) is 4.62. The quantitative estimate of drug-likeness (QED) is 0.673. The molecular formula is C22H22N2O. The van der Waals surface area contributed by atoms with Gasteiger partial charge in [-0.25, -0.2) is 0 Å². The summed E-state index contributed by atoms with van der Waals surface area (Å²) in [7, 11) is 1.86. The Hall–Kier alpha value is -2.94. The number of nitrogens with zero attached hydrogens (tertiary/aromatic N) is 2. The Morgan fingerprint density at radius 1 is 0.880 bits per heavy atom. The van der Waals surface area contributed by atoms with E-state index in [4.69, 9.17) is 0 Å². The second-order valence-electron chi connectivity index (χ2n) is 6.17. The molecule has 3 aromatic rings. The second-order valence-corrected chi connectivity index (χ2v) is 6.17. The highest BCUT2D eigenvalue weighted by Crippen LogP contribution is 2.19. The number of carbonyl (C=O) groups excluding carboxylic acids is 1. The smallest absolute Gasteiger partial charge is 0.222 e. The average Bonchev–Trinajstić information content (AvgIpc) is 2.68. The Labute approximate surface area is 149 Å². The molecule has 3 heteroatoms. The van der Waals surface area contributed by atoms with Gasteiger partial charge in [0.05, 0.1) is 0 Å². The number of rotatable bonds is 6. The van der Waals surface area contributed by atoms with Crippen LogP contribution in [-0.2, 0) is 17.8 Å². The van der Waals surface area contributed by atoms with E-state index in [1.54, 1.807) is 11.1 Å². The van der Waals surface area contributed by atoms with E-state index in [0.29, 0.717) is 13.0 Å². The van der Waals surface area contributed by atoms with Gasteiger partial charge in [0.15, 0.2) is 0 Å². The minimum absolute atomic E-state index is 0.149. The van der Waals surface area contributed by atoms with Gasteiger partial charge in [0.25, 0.3) is 0 Å². The minimum Gasteiger partial charge on any atom is -0.341 e. The average molecular weight is 330 g/mol. The monoisotopic (exact) mass is 330 g/mol. The summed E-state index contributed by atoms with van der Waals surface area (Å²) in [6.07, 6.45) is 4.79. The molecule has 0 radical (unpaired) electrons. The highest BCUT2D eigenvalue weighted by Gasteiger charge is 2.09. The fourth-order valence-corrected chi connectivity index (χ4v) is 2.78. The van der Waals surface area contributed by atoms with Gasteiger partial charge in [0.1, 0.15) is 0 Å². The summed E-state index contributed by atoms with van der Waals surface area (Å²) < 4.78 is 0. The zero-order valence-electron chi connectivity index (χ0n) is 14.4. The van der Waals surface area contributed by atoms with Gasteiger partial charge in [0, 0.05) is 32.4 Å². The van der Waals surface area contributed by atoms with Gasteiger partial charge in [-0.05, 0) is 34.7 Å². The lowest BCUT2D eigenvalue weighted by atomic mass is 10.0. The van der Waals surface area contributed by atoms with E-state index < -0.39 is 0 Å². The lowest BCUT2D eigenvalue weighted by molar-refractivity contribution is -0.130. The van der Waals surface area contributed by atoms with Crippen molar-refractivity contribution in [3.63, 3.8) is 0 Å². The first-order valence-electron chi connectivity index (χ1n) is 8.49. The van der Waals surface area contributed by atoms with Gasteiger partial charge in [-0.3, -0.25) is 9.78 Å². The van der Waals surface area contributed by atoms with Crippen LogP contribution in [-0.4, -0.2) is 22.8 Å². The Morgan fingerprint density at radius 2 is 1.60 bits per heavy atom. The van der Waals surface area contributed by atoms with Crippen molar-refractivity contribution in [1.82, 2.24) is 9.88 Å². The van der Waals surface area contributed by atoms with Crippen molar-refractivity contribution in [3.05, 3.63) is 90.3 Å². The summed E-state index contributed by atoms with van der Waals surface area (Å²) in [5, 5.41) is 0. The summed E-state index contributed by atoms with van der Waals surface area (Å²) in [5.74, 6) is 0.149. The third-order valence-corrected chi connectivity index (χ3v) is 4.26. The Bertz CT molecular complexity index is 798. The number of aryl methyl sites for hydroxylation is 1. The zero-order chi connectivity index (χ0) is 17.5. The minimum atomic E-state index is 0.149. The van der Waals surface area contributed by atoms with Crippen LogP contribution in [0.3, 0.4) is 0 Å². The molecule has 0 fully saturated rings. The van der Waals surface area contributed by atoms with Crippen LogP contribution >= 0.6 is 0 Å². The highest BCUT2D eigenvalue weighted by molar-refractivity contribution is 5.76. The molecule has 0 spiro atoms. The molecule has 0 aliphatic carbocycles. The SMILES string of the molecule is CN(Cc1ccc(-c2ccccc2)cc1)C(=O)CCc1cccnc1. The molecule has 0 aliphatic heterocycles. The van der Waals surface area contributed by atoms with Crippen LogP contribution in [0, 0.1) is 0 Å². The molecule has 25 heavy (non-hydrogen) atoms. The number of benzene rings is 2. The Kier molecular flexibility index (Phi) is 5.57. The van der Waals surface area contributed by atoms with Crippen LogP contribution in [0.25, 0.3) is 11.1 Å². The molecule has 0 bridgehead atoms. The molecule has 2 aromatic carbocycles. The van der Waals surface area contributed by atoms with E-state index in [-0.39, 0.29) is 5.91 Å². The largest absolute Gasteiger partial charge is 0.341 e. The van der Waals surface area contributed by atoms with Gasteiger partial charge >= 0.3 is 0 Å². The number of hydrogen-bond donors (Lipinski definition) is 0. The third-order valence-electron chi connectivity index (χ3n) is 4.26. The predicted molar refractivity (Wildman–Crippen MR) is 101 cm³/mol. The fourth-order valence-electron chi connectivity index (χ4n) is 2.78. The summed E-state index contributed by atoms with van der Waals surface area (Å²) in [6, 6.07) is 22.6. The van der Waals surface area contributed by atoms with E-state index in [2.05, 4.69) is 41.4 Å². The first-order chi connectivity index (χ1) is 12.2. The Balaban J connectivity index is 1.55. The second kappa shape index (κ2) is 8.25. The standard InChI is InChI=1S/C22H22N2O/c1-24(22(25)14-11-18-6-5-15-23-16-18)17-19-9-12-21(13-10-19)20-7-3-2-4-8-20/h2-10,12-13,15-16H,11,14,17H2,1H3. The van der Waals surface area contributed by atoms with Crippen LogP contribution in [0.4, 0.5) is 0 Å². The lowest BCUT2D eigenvalue weighted by Gasteiger charge is -2.17. The van der Waals surface area contributed by atoms with Crippen molar-refractivity contribution in [2.24, 2.45) is 0 Å².